The van der Waals surface area contributed by atoms with Gasteiger partial charge < -0.3 is 29.9 Å². The van der Waals surface area contributed by atoms with E-state index in [-0.39, 0.29) is 53.8 Å². The van der Waals surface area contributed by atoms with Gasteiger partial charge in [0.05, 0.1) is 5.92 Å². The molecule has 0 aliphatic heterocycles. The Morgan fingerprint density at radius 2 is 1.77 bits per heavy atom. The van der Waals surface area contributed by atoms with Crippen molar-refractivity contribution in [1.82, 2.24) is 0 Å². The van der Waals surface area contributed by atoms with Crippen LogP contribution in [0, 0.1) is 5.92 Å². The summed E-state index contributed by atoms with van der Waals surface area (Å²) < 4.78 is 0. The van der Waals surface area contributed by atoms with Crippen LogP contribution in [0.15, 0.2) is 0 Å². The Bertz CT molecular complexity index is 112. The molecule has 0 saturated heterocycles. The Hall–Kier alpha value is 0.816. The molecule has 5 heteroatoms. The van der Waals surface area contributed by atoms with Gasteiger partial charge in [-0.25, -0.2) is 0 Å². The SMILES string of the molecule is CCCCC(CC)C(=O)O.[Cl-].[Cl-].[Mg+2]. The van der Waals surface area contributed by atoms with Crippen LogP contribution in [-0.4, -0.2) is 34.1 Å². The molecule has 0 spiro atoms. The molecule has 0 amide bonds. The minimum Gasteiger partial charge on any atom is -1.00 e. The number of unbranched alkanes of at least 4 members (excludes halogenated alkanes) is 1. The Balaban J connectivity index is -0.000000135. The van der Waals surface area contributed by atoms with Gasteiger partial charge in [0.2, 0.25) is 0 Å². The van der Waals surface area contributed by atoms with Crippen LogP contribution >= 0.6 is 0 Å². The average molecular weight is 239 g/mol. The van der Waals surface area contributed by atoms with E-state index in [0.29, 0.717) is 0 Å². The van der Waals surface area contributed by atoms with Crippen molar-refractivity contribution in [3.63, 3.8) is 0 Å². The van der Waals surface area contributed by atoms with E-state index in [1.165, 1.54) is 0 Å². The molecule has 0 bridgehead atoms. The summed E-state index contributed by atoms with van der Waals surface area (Å²) in [5.74, 6) is -0.754. The number of halogens is 2. The van der Waals surface area contributed by atoms with Crippen molar-refractivity contribution in [1.29, 1.82) is 0 Å². The number of carboxylic acid groups (broad SMARTS) is 1. The van der Waals surface area contributed by atoms with Gasteiger partial charge in [0, 0.05) is 0 Å². The van der Waals surface area contributed by atoms with Crippen LogP contribution in [0.3, 0.4) is 0 Å². The van der Waals surface area contributed by atoms with E-state index in [1.807, 2.05) is 6.92 Å². The fourth-order valence-corrected chi connectivity index (χ4v) is 0.953. The molecule has 0 aromatic heterocycles. The second-order valence-corrected chi connectivity index (χ2v) is 2.59. The predicted molar refractivity (Wildman–Crippen MR) is 46.7 cm³/mol. The van der Waals surface area contributed by atoms with E-state index in [4.69, 9.17) is 5.11 Å². The fraction of sp³-hybridized carbons (Fsp3) is 0.875. The maximum absolute atomic E-state index is 10.4. The summed E-state index contributed by atoms with van der Waals surface area (Å²) in [7, 11) is 0. The third-order valence-corrected chi connectivity index (χ3v) is 1.75. The van der Waals surface area contributed by atoms with Gasteiger partial charge in [0.15, 0.2) is 0 Å². The molecule has 2 nitrogen and oxygen atoms in total. The summed E-state index contributed by atoms with van der Waals surface area (Å²) in [6.45, 7) is 4.00. The number of hydrogen-bond acceptors (Lipinski definition) is 1. The van der Waals surface area contributed by atoms with E-state index < -0.39 is 5.97 Å². The van der Waals surface area contributed by atoms with Gasteiger partial charge in [-0.2, -0.15) is 0 Å². The van der Waals surface area contributed by atoms with Crippen LogP contribution in [0.25, 0.3) is 0 Å². The Kier molecular flexibility index (Phi) is 27.7. The Labute approximate surface area is 109 Å². The third-order valence-electron chi connectivity index (χ3n) is 1.75. The van der Waals surface area contributed by atoms with E-state index in [0.717, 1.165) is 25.7 Å². The second kappa shape index (κ2) is 15.3. The van der Waals surface area contributed by atoms with Crippen molar-refractivity contribution >= 4 is 29.0 Å². The first-order valence-corrected chi connectivity index (χ1v) is 3.95. The zero-order valence-electron chi connectivity index (χ0n) is 8.22. The van der Waals surface area contributed by atoms with Crippen LogP contribution < -0.4 is 24.8 Å². The third kappa shape index (κ3) is 12.8. The molecule has 0 rings (SSSR count). The van der Waals surface area contributed by atoms with Crippen LogP contribution in [0.2, 0.25) is 0 Å². The maximum Gasteiger partial charge on any atom is 2.00 e. The fourth-order valence-electron chi connectivity index (χ4n) is 0.953. The zero-order chi connectivity index (χ0) is 7.98. The maximum atomic E-state index is 10.4. The van der Waals surface area contributed by atoms with E-state index in [1.54, 1.807) is 0 Å². The van der Waals surface area contributed by atoms with Crippen molar-refractivity contribution in [2.45, 2.75) is 39.5 Å². The molecule has 0 aromatic carbocycles. The summed E-state index contributed by atoms with van der Waals surface area (Å²) in [6.07, 6.45) is 3.71. The smallest absolute Gasteiger partial charge is 1.00 e. The van der Waals surface area contributed by atoms with Crippen molar-refractivity contribution in [2.75, 3.05) is 0 Å². The van der Waals surface area contributed by atoms with Crippen molar-refractivity contribution in [2.24, 2.45) is 5.92 Å². The van der Waals surface area contributed by atoms with Gasteiger partial charge in [-0.15, -0.1) is 0 Å². The summed E-state index contributed by atoms with van der Waals surface area (Å²) in [4.78, 5) is 10.4. The van der Waals surface area contributed by atoms with Gasteiger partial charge in [0.25, 0.3) is 0 Å². The molecule has 0 heterocycles. The molecule has 0 aliphatic carbocycles. The molecule has 1 unspecified atom stereocenters. The van der Waals surface area contributed by atoms with Crippen molar-refractivity contribution in [3.8, 4) is 0 Å². The van der Waals surface area contributed by atoms with Crippen molar-refractivity contribution < 1.29 is 34.7 Å². The monoisotopic (exact) mass is 238 g/mol. The van der Waals surface area contributed by atoms with Crippen LogP contribution in [0.4, 0.5) is 0 Å². The minimum absolute atomic E-state index is 0. The largest absolute Gasteiger partial charge is 2.00 e. The van der Waals surface area contributed by atoms with Crippen LogP contribution in [0.1, 0.15) is 39.5 Å². The Morgan fingerprint density at radius 1 is 1.31 bits per heavy atom. The molecule has 1 N–H and O–H groups in total. The molecule has 0 aliphatic rings. The second-order valence-electron chi connectivity index (χ2n) is 2.59. The standard InChI is InChI=1S/C8H16O2.2ClH.Mg/c1-3-5-6-7(4-2)8(9)10;;;/h7H,3-6H2,1-2H3,(H,9,10);2*1H;/q;;;+2/p-2. The first-order chi connectivity index (χ1) is 4.72. The summed E-state index contributed by atoms with van der Waals surface area (Å²) in [5.41, 5.74) is 0. The summed E-state index contributed by atoms with van der Waals surface area (Å²) in [5, 5.41) is 8.60. The number of carbonyl (C=O) groups is 1. The van der Waals surface area contributed by atoms with Gasteiger partial charge in [-0.05, 0) is 12.8 Å². The van der Waals surface area contributed by atoms with E-state index in [2.05, 4.69) is 6.92 Å². The normalized spacial score (nSPS) is 10.0. The number of carboxylic acids is 1. The summed E-state index contributed by atoms with van der Waals surface area (Å²) >= 11 is 0. The number of hydrogen-bond donors (Lipinski definition) is 1. The Morgan fingerprint density at radius 3 is 2.00 bits per heavy atom. The molecule has 1 atom stereocenters. The van der Waals surface area contributed by atoms with Crippen LogP contribution in [-0.2, 0) is 4.79 Å². The molecular formula is C8H16Cl2MgO2. The van der Waals surface area contributed by atoms with Gasteiger partial charge in [0.1, 0.15) is 0 Å². The molecular weight excluding hydrogens is 223 g/mol. The minimum atomic E-state index is -0.643. The number of aliphatic carboxylic acids is 1. The molecule has 0 saturated carbocycles. The first kappa shape index (κ1) is 23.6. The molecule has 0 aromatic rings. The molecule has 0 fully saturated rings. The van der Waals surface area contributed by atoms with Gasteiger partial charge in [-0.1, -0.05) is 26.7 Å². The predicted octanol–water partition coefficient (Wildman–Crippen LogP) is -4.09. The topological polar surface area (TPSA) is 37.3 Å². The van der Waals surface area contributed by atoms with Crippen LogP contribution in [0.5, 0.6) is 0 Å². The molecule has 76 valence electrons. The number of rotatable bonds is 5. The van der Waals surface area contributed by atoms with Gasteiger partial charge >= 0.3 is 29.0 Å². The first-order valence-electron chi connectivity index (χ1n) is 3.95. The van der Waals surface area contributed by atoms with E-state index >= 15 is 0 Å². The zero-order valence-corrected chi connectivity index (χ0v) is 11.2. The molecule has 0 radical (unpaired) electrons. The van der Waals surface area contributed by atoms with Crippen molar-refractivity contribution in [3.05, 3.63) is 0 Å². The molecule has 13 heavy (non-hydrogen) atoms. The average Bonchev–Trinajstić information content (AvgIpc) is 1.89. The van der Waals surface area contributed by atoms with Gasteiger partial charge in [-0.3, -0.25) is 4.79 Å². The summed E-state index contributed by atoms with van der Waals surface area (Å²) in [6, 6.07) is 0. The quantitative estimate of drug-likeness (QED) is 0.496. The van der Waals surface area contributed by atoms with E-state index in [9.17, 15) is 4.79 Å².